The SMILES string of the molecule is CCCS(=O)(=O)N1CCCC[C@H]1CCn1ccnc1C. The lowest BCUT2D eigenvalue weighted by Gasteiger charge is -2.34. The molecule has 1 aliphatic heterocycles. The van der Waals surface area contributed by atoms with Crippen LogP contribution in [0.3, 0.4) is 0 Å². The predicted octanol–water partition coefficient (Wildman–Crippen LogP) is 2.18. The number of nitrogens with zero attached hydrogens (tertiary/aromatic N) is 3. The van der Waals surface area contributed by atoms with Gasteiger partial charge in [-0.2, -0.15) is 4.31 Å². The van der Waals surface area contributed by atoms with E-state index in [0.717, 1.165) is 38.1 Å². The van der Waals surface area contributed by atoms with Gasteiger partial charge in [0.25, 0.3) is 0 Å². The van der Waals surface area contributed by atoms with E-state index in [0.29, 0.717) is 13.0 Å². The fourth-order valence-corrected chi connectivity index (χ4v) is 4.75. The highest BCUT2D eigenvalue weighted by atomic mass is 32.2. The third-order valence-corrected chi connectivity index (χ3v) is 6.14. The summed E-state index contributed by atoms with van der Waals surface area (Å²) in [4.78, 5) is 4.21. The van der Waals surface area contributed by atoms with E-state index in [1.165, 1.54) is 0 Å². The first-order valence-corrected chi connectivity index (χ1v) is 9.12. The molecule has 1 aromatic rings. The van der Waals surface area contributed by atoms with Crippen molar-refractivity contribution in [1.29, 1.82) is 0 Å². The standard InChI is InChI=1S/C14H25N3O2S/c1-3-12-20(18,19)17-9-5-4-6-14(17)7-10-16-11-8-15-13(16)2/h8,11,14H,3-7,9-10,12H2,1-2H3/t14-/m0/s1. The number of aryl methyl sites for hydroxylation is 2. The summed E-state index contributed by atoms with van der Waals surface area (Å²) in [5.74, 6) is 1.26. The van der Waals surface area contributed by atoms with Crippen molar-refractivity contribution < 1.29 is 8.42 Å². The molecule has 1 atom stereocenters. The molecule has 2 rings (SSSR count). The molecule has 0 bridgehead atoms. The highest BCUT2D eigenvalue weighted by Gasteiger charge is 2.31. The average Bonchev–Trinajstić information content (AvgIpc) is 2.82. The molecule has 0 saturated carbocycles. The van der Waals surface area contributed by atoms with Crippen LogP contribution in [-0.4, -0.2) is 40.6 Å². The fourth-order valence-electron chi connectivity index (χ4n) is 2.93. The molecule has 0 amide bonds. The molecule has 2 heterocycles. The Morgan fingerprint density at radius 2 is 2.20 bits per heavy atom. The summed E-state index contributed by atoms with van der Waals surface area (Å²) in [6.45, 7) is 5.43. The normalized spacial score (nSPS) is 21.2. The number of sulfonamides is 1. The van der Waals surface area contributed by atoms with Crippen molar-refractivity contribution in [2.75, 3.05) is 12.3 Å². The van der Waals surface area contributed by atoms with Crippen LogP contribution in [0, 0.1) is 6.92 Å². The summed E-state index contributed by atoms with van der Waals surface area (Å²) in [7, 11) is -3.08. The first-order chi connectivity index (χ1) is 9.54. The molecule has 0 spiro atoms. The smallest absolute Gasteiger partial charge is 0.214 e. The van der Waals surface area contributed by atoms with Gasteiger partial charge < -0.3 is 4.57 Å². The lowest BCUT2D eigenvalue weighted by Crippen LogP contribution is -2.45. The van der Waals surface area contributed by atoms with Crippen LogP contribution in [0.25, 0.3) is 0 Å². The Bertz CT molecular complexity index is 524. The van der Waals surface area contributed by atoms with Gasteiger partial charge in [-0.15, -0.1) is 0 Å². The van der Waals surface area contributed by atoms with Crippen LogP contribution in [0.5, 0.6) is 0 Å². The van der Waals surface area contributed by atoms with Crippen molar-refractivity contribution in [3.63, 3.8) is 0 Å². The van der Waals surface area contributed by atoms with Gasteiger partial charge in [0.2, 0.25) is 10.0 Å². The van der Waals surface area contributed by atoms with E-state index in [4.69, 9.17) is 0 Å². The summed E-state index contributed by atoms with van der Waals surface area (Å²) >= 11 is 0. The lowest BCUT2D eigenvalue weighted by molar-refractivity contribution is 0.233. The van der Waals surface area contributed by atoms with Gasteiger partial charge in [0, 0.05) is 31.5 Å². The summed E-state index contributed by atoms with van der Waals surface area (Å²) in [5, 5.41) is 0. The molecule has 5 nitrogen and oxygen atoms in total. The van der Waals surface area contributed by atoms with E-state index >= 15 is 0 Å². The zero-order chi connectivity index (χ0) is 14.6. The third-order valence-electron chi connectivity index (χ3n) is 4.02. The Kier molecular flexibility index (Phi) is 5.21. The topological polar surface area (TPSA) is 55.2 Å². The van der Waals surface area contributed by atoms with Gasteiger partial charge in [0.1, 0.15) is 5.82 Å². The molecule has 6 heteroatoms. The number of imidazole rings is 1. The van der Waals surface area contributed by atoms with Crippen LogP contribution in [0.1, 0.15) is 44.9 Å². The maximum Gasteiger partial charge on any atom is 0.214 e. The number of piperidine rings is 1. The van der Waals surface area contributed by atoms with Crippen molar-refractivity contribution in [2.45, 2.75) is 58.5 Å². The van der Waals surface area contributed by atoms with E-state index in [-0.39, 0.29) is 11.8 Å². The van der Waals surface area contributed by atoms with E-state index < -0.39 is 10.0 Å². The van der Waals surface area contributed by atoms with Crippen molar-refractivity contribution in [3.8, 4) is 0 Å². The Balaban J connectivity index is 2.02. The molecule has 1 fully saturated rings. The maximum absolute atomic E-state index is 12.3. The Morgan fingerprint density at radius 3 is 2.85 bits per heavy atom. The van der Waals surface area contributed by atoms with Crippen LogP contribution >= 0.6 is 0 Å². The van der Waals surface area contributed by atoms with Gasteiger partial charge in [0.15, 0.2) is 0 Å². The number of hydrogen-bond acceptors (Lipinski definition) is 3. The monoisotopic (exact) mass is 299 g/mol. The number of aromatic nitrogens is 2. The van der Waals surface area contributed by atoms with E-state index in [2.05, 4.69) is 9.55 Å². The van der Waals surface area contributed by atoms with Crippen LogP contribution in [0.2, 0.25) is 0 Å². The molecule has 0 aliphatic carbocycles. The molecule has 1 saturated heterocycles. The summed E-state index contributed by atoms with van der Waals surface area (Å²) < 4.78 is 28.5. The molecular weight excluding hydrogens is 274 g/mol. The van der Waals surface area contributed by atoms with Gasteiger partial charge in [-0.1, -0.05) is 13.3 Å². The Morgan fingerprint density at radius 1 is 1.40 bits per heavy atom. The van der Waals surface area contributed by atoms with Gasteiger partial charge in [-0.25, -0.2) is 13.4 Å². The van der Waals surface area contributed by atoms with Crippen LogP contribution in [0.4, 0.5) is 0 Å². The Hall–Kier alpha value is -0.880. The Labute approximate surface area is 122 Å². The number of rotatable bonds is 6. The maximum atomic E-state index is 12.3. The average molecular weight is 299 g/mol. The molecule has 0 radical (unpaired) electrons. The van der Waals surface area contributed by atoms with E-state index in [1.807, 2.05) is 20.0 Å². The molecule has 1 aliphatic rings. The van der Waals surface area contributed by atoms with E-state index in [9.17, 15) is 8.42 Å². The van der Waals surface area contributed by atoms with Gasteiger partial charge in [0.05, 0.1) is 5.75 Å². The van der Waals surface area contributed by atoms with Crippen LogP contribution < -0.4 is 0 Å². The van der Waals surface area contributed by atoms with Crippen LogP contribution in [-0.2, 0) is 16.6 Å². The lowest BCUT2D eigenvalue weighted by atomic mass is 10.0. The van der Waals surface area contributed by atoms with Crippen molar-refractivity contribution >= 4 is 10.0 Å². The fraction of sp³-hybridized carbons (Fsp3) is 0.786. The van der Waals surface area contributed by atoms with Crippen molar-refractivity contribution in [1.82, 2.24) is 13.9 Å². The quantitative estimate of drug-likeness (QED) is 0.809. The first kappa shape index (κ1) is 15.5. The summed E-state index contributed by atoms with van der Waals surface area (Å²) in [6, 6.07) is 0.155. The van der Waals surface area contributed by atoms with Crippen molar-refractivity contribution in [2.24, 2.45) is 0 Å². The minimum atomic E-state index is -3.08. The molecule has 20 heavy (non-hydrogen) atoms. The molecule has 0 unspecified atom stereocenters. The predicted molar refractivity (Wildman–Crippen MR) is 80.0 cm³/mol. The van der Waals surface area contributed by atoms with Crippen LogP contribution in [0.15, 0.2) is 12.4 Å². The molecule has 0 aromatic carbocycles. The molecule has 114 valence electrons. The molecular formula is C14H25N3O2S. The highest BCUT2D eigenvalue weighted by Crippen LogP contribution is 2.24. The van der Waals surface area contributed by atoms with Crippen molar-refractivity contribution in [3.05, 3.63) is 18.2 Å². The highest BCUT2D eigenvalue weighted by molar-refractivity contribution is 7.89. The summed E-state index contributed by atoms with van der Waals surface area (Å²) in [5.41, 5.74) is 0. The first-order valence-electron chi connectivity index (χ1n) is 7.52. The third kappa shape index (κ3) is 3.61. The molecule has 1 aromatic heterocycles. The number of hydrogen-bond donors (Lipinski definition) is 0. The molecule has 0 N–H and O–H groups in total. The summed E-state index contributed by atoms with van der Waals surface area (Å²) in [6.07, 6.45) is 8.42. The van der Waals surface area contributed by atoms with Gasteiger partial charge in [-0.05, 0) is 32.6 Å². The van der Waals surface area contributed by atoms with E-state index in [1.54, 1.807) is 10.5 Å². The zero-order valence-electron chi connectivity index (χ0n) is 12.5. The van der Waals surface area contributed by atoms with Gasteiger partial charge >= 0.3 is 0 Å². The second-order valence-corrected chi connectivity index (χ2v) is 7.57. The minimum Gasteiger partial charge on any atom is -0.335 e. The second kappa shape index (κ2) is 6.72. The largest absolute Gasteiger partial charge is 0.335 e. The zero-order valence-corrected chi connectivity index (χ0v) is 13.3. The minimum absolute atomic E-state index is 0.155. The van der Waals surface area contributed by atoms with Gasteiger partial charge in [-0.3, -0.25) is 0 Å². The second-order valence-electron chi connectivity index (χ2n) is 5.53.